The molecule has 1 heterocycles. The van der Waals surface area contributed by atoms with E-state index in [-0.39, 0.29) is 0 Å². The van der Waals surface area contributed by atoms with Crippen LogP contribution in [-0.4, -0.2) is 48.6 Å². The van der Waals surface area contributed by atoms with Crippen LogP contribution in [0.3, 0.4) is 0 Å². The Kier molecular flexibility index (Phi) is 7.60. The number of aromatic nitrogens is 2. The minimum atomic E-state index is 0.305. The number of hydrogen-bond donors (Lipinski definition) is 1. The molecule has 160 valence electrons. The molecule has 2 aromatic carbocycles. The molecule has 0 saturated carbocycles. The molecular weight excluding hydrogens is 374 g/mol. The van der Waals surface area contributed by atoms with Gasteiger partial charge in [0.15, 0.2) is 0 Å². The molecule has 3 rings (SSSR count). The van der Waals surface area contributed by atoms with Gasteiger partial charge in [0, 0.05) is 31.1 Å². The van der Waals surface area contributed by atoms with E-state index in [0.717, 1.165) is 53.1 Å². The zero-order valence-electron chi connectivity index (χ0n) is 18.6. The number of ether oxygens (including phenoxy) is 1. The van der Waals surface area contributed by atoms with Gasteiger partial charge < -0.3 is 10.1 Å². The summed E-state index contributed by atoms with van der Waals surface area (Å²) in [6.45, 7) is 11.8. The van der Waals surface area contributed by atoms with Crippen LogP contribution in [0.25, 0.3) is 10.9 Å². The number of benzene rings is 2. The van der Waals surface area contributed by atoms with Crippen LogP contribution in [0.15, 0.2) is 47.5 Å². The van der Waals surface area contributed by atoms with Crippen molar-refractivity contribution < 1.29 is 4.74 Å². The van der Waals surface area contributed by atoms with Crippen molar-refractivity contribution in [3.05, 3.63) is 59.3 Å². The highest BCUT2D eigenvalue weighted by Crippen LogP contribution is 2.27. The summed E-state index contributed by atoms with van der Waals surface area (Å²) in [6.07, 6.45) is 0. The maximum atomic E-state index is 6.10. The summed E-state index contributed by atoms with van der Waals surface area (Å²) in [7, 11) is 4.10. The summed E-state index contributed by atoms with van der Waals surface area (Å²) < 4.78 is 8.20. The van der Waals surface area contributed by atoms with Crippen molar-refractivity contribution >= 4 is 17.6 Å². The second-order valence-electron chi connectivity index (χ2n) is 7.99. The van der Waals surface area contributed by atoms with Crippen molar-refractivity contribution in [3.63, 3.8) is 0 Å². The molecule has 0 spiro atoms. The van der Waals surface area contributed by atoms with E-state index in [9.17, 15) is 0 Å². The van der Waals surface area contributed by atoms with E-state index in [2.05, 4.69) is 83.9 Å². The van der Waals surface area contributed by atoms with E-state index >= 15 is 0 Å². The average molecular weight is 408 g/mol. The molecule has 3 aromatic rings. The quantitative estimate of drug-likeness (QED) is 0.487. The van der Waals surface area contributed by atoms with E-state index in [1.165, 1.54) is 0 Å². The molecular formula is C24H33N5O. The Morgan fingerprint density at radius 3 is 2.57 bits per heavy atom. The minimum absolute atomic E-state index is 0.305. The Balaban J connectivity index is 1.78. The summed E-state index contributed by atoms with van der Waals surface area (Å²) in [5.74, 6) is 0.863. The number of nitrogens with one attached hydrogen (secondary N) is 1. The van der Waals surface area contributed by atoms with Gasteiger partial charge in [0.05, 0.1) is 17.8 Å². The van der Waals surface area contributed by atoms with E-state index in [4.69, 9.17) is 9.84 Å². The topological polar surface area (TPSA) is 54.7 Å². The number of likely N-dealkylation sites (N-methyl/N-ethyl adjacent to an activating group) is 2. The third-order valence-electron chi connectivity index (χ3n) is 5.13. The Bertz CT molecular complexity index is 962. The van der Waals surface area contributed by atoms with Gasteiger partial charge in [0.25, 0.3) is 0 Å². The van der Waals surface area contributed by atoms with Crippen LogP contribution < -0.4 is 10.1 Å². The highest BCUT2D eigenvalue weighted by atomic mass is 16.5. The van der Waals surface area contributed by atoms with Crippen LogP contribution in [0.2, 0.25) is 0 Å². The molecule has 0 fully saturated rings. The molecule has 0 atom stereocenters. The number of hydrogen-bond acceptors (Lipinski definition) is 5. The van der Waals surface area contributed by atoms with Crippen LogP contribution in [0.5, 0.6) is 5.75 Å². The van der Waals surface area contributed by atoms with Crippen LogP contribution >= 0.6 is 0 Å². The van der Waals surface area contributed by atoms with E-state index in [1.807, 2.05) is 13.1 Å². The third kappa shape index (κ3) is 5.46. The highest BCUT2D eigenvalue weighted by molar-refractivity contribution is 5.83. The van der Waals surface area contributed by atoms with E-state index in [1.54, 1.807) is 0 Å². The van der Waals surface area contributed by atoms with Gasteiger partial charge >= 0.3 is 0 Å². The van der Waals surface area contributed by atoms with Gasteiger partial charge in [0.2, 0.25) is 0 Å². The third-order valence-corrected chi connectivity index (χ3v) is 5.13. The van der Waals surface area contributed by atoms with Crippen molar-refractivity contribution in [2.45, 2.75) is 39.6 Å². The van der Waals surface area contributed by atoms with Crippen LogP contribution in [0.4, 0.5) is 0 Å². The minimum Gasteiger partial charge on any atom is -0.489 e. The second kappa shape index (κ2) is 10.4. The van der Waals surface area contributed by atoms with Crippen LogP contribution in [0.1, 0.15) is 36.7 Å². The molecule has 1 N–H and O–H groups in total. The summed E-state index contributed by atoms with van der Waals surface area (Å²) in [4.78, 5) is 6.21. The number of aliphatic imine (C=N–C) groups is 1. The van der Waals surface area contributed by atoms with Gasteiger partial charge in [-0.15, -0.1) is 0 Å². The first-order valence-electron chi connectivity index (χ1n) is 10.5. The smallest absolute Gasteiger partial charge is 0.120 e. The largest absolute Gasteiger partial charge is 0.489 e. The van der Waals surface area contributed by atoms with Crippen molar-refractivity contribution in [3.8, 4) is 5.75 Å². The first kappa shape index (κ1) is 22.0. The van der Waals surface area contributed by atoms with Gasteiger partial charge in [-0.25, -0.2) is 0 Å². The Hall–Kier alpha value is -2.70. The predicted octanol–water partition coefficient (Wildman–Crippen LogP) is 4.05. The first-order valence-corrected chi connectivity index (χ1v) is 10.5. The summed E-state index contributed by atoms with van der Waals surface area (Å²) in [5, 5.41) is 9.27. The lowest BCUT2D eigenvalue weighted by molar-refractivity contribution is 0.306. The van der Waals surface area contributed by atoms with Crippen LogP contribution in [0, 0.1) is 0 Å². The molecule has 0 aliphatic heterocycles. The molecule has 0 unspecified atom stereocenters. The fraction of sp³-hybridized carbons (Fsp3) is 0.417. The molecule has 0 aliphatic carbocycles. The lowest BCUT2D eigenvalue weighted by Gasteiger charge is -2.15. The zero-order valence-corrected chi connectivity index (χ0v) is 18.6. The highest BCUT2D eigenvalue weighted by Gasteiger charge is 2.15. The summed E-state index contributed by atoms with van der Waals surface area (Å²) in [5.41, 5.74) is 4.52. The maximum Gasteiger partial charge on any atom is 0.120 e. The average Bonchev–Trinajstić information content (AvgIpc) is 3.10. The summed E-state index contributed by atoms with van der Waals surface area (Å²) in [6, 6.07) is 14.9. The molecule has 6 nitrogen and oxygen atoms in total. The zero-order chi connectivity index (χ0) is 21.5. The normalized spacial score (nSPS) is 11.5. The van der Waals surface area contributed by atoms with Gasteiger partial charge in [0.1, 0.15) is 12.4 Å². The van der Waals surface area contributed by atoms with Crippen molar-refractivity contribution in [1.29, 1.82) is 0 Å². The number of nitrogens with zero attached hydrogens (tertiary/aromatic N) is 4. The van der Waals surface area contributed by atoms with Crippen molar-refractivity contribution in [1.82, 2.24) is 20.0 Å². The molecule has 0 amide bonds. The lowest BCUT2D eigenvalue weighted by atomic mass is 10.1. The van der Waals surface area contributed by atoms with Gasteiger partial charge in [-0.05, 0) is 64.0 Å². The van der Waals surface area contributed by atoms with Gasteiger partial charge in [-0.1, -0.05) is 24.3 Å². The standard InChI is InChI=1S/C24H33N5O/c1-18(2)29-24-11-10-21(30-17-20-8-6-19(7-9-20)15-26-4)14-22(24)23(27-29)16-28(5)13-12-25-3/h6-11,14,18,25H,4,12-13,15-17H2,1-3,5H3. The molecule has 0 saturated heterocycles. The first-order chi connectivity index (χ1) is 14.5. The van der Waals surface area contributed by atoms with E-state index in [0.29, 0.717) is 19.2 Å². The fourth-order valence-corrected chi connectivity index (χ4v) is 3.46. The lowest BCUT2D eigenvalue weighted by Crippen LogP contribution is -2.27. The fourth-order valence-electron chi connectivity index (χ4n) is 3.46. The Morgan fingerprint density at radius 1 is 1.17 bits per heavy atom. The van der Waals surface area contributed by atoms with Gasteiger partial charge in [-0.2, -0.15) is 5.10 Å². The molecule has 1 aromatic heterocycles. The Morgan fingerprint density at radius 2 is 1.90 bits per heavy atom. The second-order valence-corrected chi connectivity index (χ2v) is 7.99. The molecule has 0 bridgehead atoms. The Labute approximate surface area is 179 Å². The SMILES string of the molecule is C=NCc1ccc(COc2ccc3c(c2)c(CN(C)CCNC)nn3C(C)C)cc1. The molecule has 0 radical (unpaired) electrons. The number of rotatable bonds is 11. The monoisotopic (exact) mass is 407 g/mol. The van der Waals surface area contributed by atoms with Crippen LogP contribution in [-0.2, 0) is 19.7 Å². The summed E-state index contributed by atoms with van der Waals surface area (Å²) >= 11 is 0. The molecule has 6 heteroatoms. The molecule has 30 heavy (non-hydrogen) atoms. The van der Waals surface area contributed by atoms with Crippen molar-refractivity contribution in [2.75, 3.05) is 27.2 Å². The predicted molar refractivity (Wildman–Crippen MR) is 124 cm³/mol. The van der Waals surface area contributed by atoms with Crippen molar-refractivity contribution in [2.24, 2.45) is 4.99 Å². The van der Waals surface area contributed by atoms with E-state index < -0.39 is 0 Å². The number of fused-ring (bicyclic) bond motifs is 1. The maximum absolute atomic E-state index is 6.10. The van der Waals surface area contributed by atoms with Gasteiger partial charge in [-0.3, -0.25) is 14.6 Å². The molecule has 0 aliphatic rings.